The Hall–Kier alpha value is -8.35. The quantitative estimate of drug-likeness (QED) is 0.167. The number of nitrogens with zero attached hydrogens (tertiary/aromatic N) is 5. The molecule has 62 heavy (non-hydrogen) atoms. The molecule has 1 spiro atoms. The van der Waals surface area contributed by atoms with Gasteiger partial charge in [-0.3, -0.25) is 0 Å². The topological polar surface area (TPSA) is 73.7 Å². The summed E-state index contributed by atoms with van der Waals surface area (Å²) in [5, 5.41) is 0. The molecule has 2 aromatic heterocycles. The molecule has 0 bridgehead atoms. The molecule has 290 valence electrons. The monoisotopic (exact) mass is 793 g/mol. The summed E-state index contributed by atoms with van der Waals surface area (Å²) in [5.41, 5.74) is 13.2. The lowest BCUT2D eigenvalue weighted by Gasteiger charge is -2.40. The van der Waals surface area contributed by atoms with Gasteiger partial charge < -0.3 is 4.74 Å². The number of para-hydroxylation sites is 2. The third-order valence-electron chi connectivity index (χ3n) is 12.0. The van der Waals surface area contributed by atoms with Gasteiger partial charge in [0.1, 0.15) is 11.5 Å². The second kappa shape index (κ2) is 14.4. The summed E-state index contributed by atoms with van der Waals surface area (Å²) in [4.78, 5) is 25.9. The molecule has 8 aromatic carbocycles. The van der Waals surface area contributed by atoms with Gasteiger partial charge in [0, 0.05) is 44.5 Å². The average Bonchev–Trinajstić information content (AvgIpc) is 3.65. The summed E-state index contributed by atoms with van der Waals surface area (Å²) >= 11 is 0. The lowest BCUT2D eigenvalue weighted by molar-refractivity contribution is 0.436. The molecule has 0 amide bonds. The van der Waals surface area contributed by atoms with Gasteiger partial charge in [-0.1, -0.05) is 188 Å². The Kier molecular flexibility index (Phi) is 8.28. The van der Waals surface area contributed by atoms with E-state index >= 15 is 0 Å². The van der Waals surface area contributed by atoms with Crippen molar-refractivity contribution in [2.75, 3.05) is 0 Å². The van der Waals surface area contributed by atoms with Gasteiger partial charge in [0.15, 0.2) is 23.3 Å². The highest BCUT2D eigenvalue weighted by atomic mass is 16.5. The molecule has 0 unspecified atom stereocenters. The van der Waals surface area contributed by atoms with Crippen molar-refractivity contribution in [1.82, 2.24) is 24.9 Å². The van der Waals surface area contributed by atoms with E-state index < -0.39 is 5.41 Å². The number of fused-ring (bicyclic) bond motifs is 9. The van der Waals surface area contributed by atoms with Crippen molar-refractivity contribution in [3.8, 4) is 90.7 Å². The zero-order valence-corrected chi connectivity index (χ0v) is 33.4. The number of aromatic nitrogens is 5. The van der Waals surface area contributed by atoms with Crippen molar-refractivity contribution < 1.29 is 4.74 Å². The zero-order chi connectivity index (χ0) is 41.0. The standard InChI is InChI=1S/C56H35N5O/c1-5-18-36(19-6-1)47-35-48(58-52(57-47)37-20-7-2-8-21-37)43-27-17-26-42-41-33-32-40(55-60-53(38-22-9-3-10-23-38)59-54(61-55)39-24-11-4-12-25-39)34-46(41)56(51(42)43)44-28-13-15-30-49(44)62-50-31-16-14-29-45(50)56/h1-35H. The van der Waals surface area contributed by atoms with Gasteiger partial charge in [0.2, 0.25) is 0 Å². The molecule has 1 aliphatic heterocycles. The molecule has 10 aromatic rings. The Morgan fingerprint density at radius 2 is 0.742 bits per heavy atom. The lowest BCUT2D eigenvalue weighted by atomic mass is 9.64. The minimum atomic E-state index is -0.814. The van der Waals surface area contributed by atoms with Gasteiger partial charge in [-0.05, 0) is 46.5 Å². The zero-order valence-electron chi connectivity index (χ0n) is 33.4. The minimum Gasteiger partial charge on any atom is -0.457 e. The normalized spacial score (nSPS) is 12.8. The number of rotatable bonds is 6. The second-order valence-electron chi connectivity index (χ2n) is 15.6. The summed E-state index contributed by atoms with van der Waals surface area (Å²) in [6, 6.07) is 73.1. The van der Waals surface area contributed by atoms with Crippen LogP contribution in [-0.2, 0) is 5.41 Å². The highest BCUT2D eigenvalue weighted by molar-refractivity contribution is 5.95. The average molecular weight is 794 g/mol. The first-order valence-electron chi connectivity index (χ1n) is 20.8. The van der Waals surface area contributed by atoms with Gasteiger partial charge >= 0.3 is 0 Å². The fraction of sp³-hybridized carbons (Fsp3) is 0.0179. The van der Waals surface area contributed by atoms with Gasteiger partial charge in [-0.25, -0.2) is 24.9 Å². The van der Waals surface area contributed by atoms with E-state index in [0.29, 0.717) is 23.3 Å². The van der Waals surface area contributed by atoms with Crippen LogP contribution in [0.15, 0.2) is 212 Å². The maximum absolute atomic E-state index is 6.78. The van der Waals surface area contributed by atoms with E-state index in [2.05, 4.69) is 115 Å². The summed E-state index contributed by atoms with van der Waals surface area (Å²) < 4.78 is 6.78. The molecule has 2 aliphatic rings. The predicted molar refractivity (Wildman–Crippen MR) is 245 cm³/mol. The first-order chi connectivity index (χ1) is 30.7. The third-order valence-corrected chi connectivity index (χ3v) is 12.0. The Morgan fingerprint density at radius 3 is 1.31 bits per heavy atom. The van der Waals surface area contributed by atoms with Crippen LogP contribution >= 0.6 is 0 Å². The first-order valence-corrected chi connectivity index (χ1v) is 20.8. The number of benzene rings is 8. The van der Waals surface area contributed by atoms with Crippen LogP contribution in [0.4, 0.5) is 0 Å². The van der Waals surface area contributed by atoms with Crippen molar-refractivity contribution in [2.45, 2.75) is 5.41 Å². The number of hydrogen-bond donors (Lipinski definition) is 0. The summed E-state index contributed by atoms with van der Waals surface area (Å²) in [5.74, 6) is 4.10. The summed E-state index contributed by atoms with van der Waals surface area (Å²) in [6.07, 6.45) is 0. The van der Waals surface area contributed by atoms with Crippen molar-refractivity contribution >= 4 is 0 Å². The van der Waals surface area contributed by atoms with Crippen LogP contribution in [0.2, 0.25) is 0 Å². The van der Waals surface area contributed by atoms with E-state index in [-0.39, 0.29) is 0 Å². The van der Waals surface area contributed by atoms with Crippen molar-refractivity contribution in [2.24, 2.45) is 0 Å². The van der Waals surface area contributed by atoms with Crippen molar-refractivity contribution in [3.63, 3.8) is 0 Å². The highest BCUT2D eigenvalue weighted by Gasteiger charge is 2.52. The highest BCUT2D eigenvalue weighted by Crippen LogP contribution is 2.64. The summed E-state index contributed by atoms with van der Waals surface area (Å²) in [6.45, 7) is 0. The molecule has 0 N–H and O–H groups in total. The Balaban J connectivity index is 1.15. The Bertz CT molecular complexity index is 3160. The molecule has 1 aliphatic carbocycles. The predicted octanol–water partition coefficient (Wildman–Crippen LogP) is 13.1. The van der Waals surface area contributed by atoms with Crippen LogP contribution in [0.3, 0.4) is 0 Å². The van der Waals surface area contributed by atoms with Crippen LogP contribution in [0.5, 0.6) is 11.5 Å². The maximum Gasteiger partial charge on any atom is 0.164 e. The smallest absolute Gasteiger partial charge is 0.164 e. The van der Waals surface area contributed by atoms with Gasteiger partial charge in [0.05, 0.1) is 16.8 Å². The SMILES string of the molecule is c1ccc(-c2cc(-c3cccc4c3C3(c5ccccc5Oc5ccccc53)c3cc(-c5nc(-c6ccccc6)nc(-c6ccccc6)n5)ccc3-4)nc(-c3ccccc3)n2)cc1. The van der Waals surface area contributed by atoms with E-state index in [4.69, 9.17) is 29.7 Å². The minimum absolute atomic E-state index is 0.594. The molecule has 6 heteroatoms. The first kappa shape index (κ1) is 35.6. The van der Waals surface area contributed by atoms with E-state index in [9.17, 15) is 0 Å². The number of ether oxygens (including phenoxy) is 1. The molecule has 0 saturated heterocycles. The molecule has 6 nitrogen and oxygen atoms in total. The molecule has 3 heterocycles. The van der Waals surface area contributed by atoms with E-state index in [1.54, 1.807) is 0 Å². The Morgan fingerprint density at radius 1 is 0.290 bits per heavy atom. The molecular weight excluding hydrogens is 759 g/mol. The number of hydrogen-bond acceptors (Lipinski definition) is 6. The fourth-order valence-electron chi connectivity index (χ4n) is 9.31. The fourth-order valence-corrected chi connectivity index (χ4v) is 9.31. The largest absolute Gasteiger partial charge is 0.457 e. The molecular formula is C56H35N5O. The van der Waals surface area contributed by atoms with Crippen LogP contribution in [0.25, 0.3) is 79.2 Å². The third kappa shape index (κ3) is 5.69. The van der Waals surface area contributed by atoms with Gasteiger partial charge in [-0.2, -0.15) is 0 Å². The maximum atomic E-state index is 6.78. The van der Waals surface area contributed by atoms with Crippen molar-refractivity contribution in [1.29, 1.82) is 0 Å². The molecule has 12 rings (SSSR count). The molecule has 0 radical (unpaired) electrons. The summed E-state index contributed by atoms with van der Waals surface area (Å²) in [7, 11) is 0. The van der Waals surface area contributed by atoms with E-state index in [1.807, 2.05) is 97.1 Å². The van der Waals surface area contributed by atoms with Crippen LogP contribution < -0.4 is 4.74 Å². The van der Waals surface area contributed by atoms with Gasteiger partial charge in [-0.15, -0.1) is 0 Å². The Labute approximate surface area is 359 Å². The van der Waals surface area contributed by atoms with Crippen LogP contribution in [0, 0.1) is 0 Å². The van der Waals surface area contributed by atoms with Crippen LogP contribution in [-0.4, -0.2) is 24.9 Å². The van der Waals surface area contributed by atoms with E-state index in [0.717, 1.165) is 89.6 Å². The van der Waals surface area contributed by atoms with Crippen LogP contribution in [0.1, 0.15) is 22.3 Å². The molecule has 0 atom stereocenters. The van der Waals surface area contributed by atoms with Crippen molar-refractivity contribution in [3.05, 3.63) is 235 Å². The second-order valence-corrected chi connectivity index (χ2v) is 15.6. The molecule has 0 fully saturated rings. The lowest BCUT2D eigenvalue weighted by Crippen LogP contribution is -2.32. The van der Waals surface area contributed by atoms with E-state index in [1.165, 1.54) is 0 Å². The molecule has 0 saturated carbocycles. The van der Waals surface area contributed by atoms with Gasteiger partial charge in [0.25, 0.3) is 0 Å².